The Labute approximate surface area is 175 Å². The standard InChI is InChI=1S/C22H26N4O2S/c1-15-10-12-19(13-11-15)28-17(3)21-24-25-22(26(21)4)29-14-20(27)23-16(2)18-8-6-5-7-9-18/h5-13,16-17H,14H2,1-4H3,(H,23,27). The summed E-state index contributed by atoms with van der Waals surface area (Å²) in [7, 11) is 1.89. The van der Waals surface area contributed by atoms with E-state index in [0.717, 1.165) is 11.3 Å². The number of nitrogens with zero attached hydrogens (tertiary/aromatic N) is 3. The molecule has 0 aliphatic heterocycles. The summed E-state index contributed by atoms with van der Waals surface area (Å²) in [6.07, 6.45) is -0.253. The van der Waals surface area contributed by atoms with Crippen molar-refractivity contribution in [1.29, 1.82) is 0 Å². The number of benzene rings is 2. The lowest BCUT2D eigenvalue weighted by molar-refractivity contribution is -0.119. The number of ether oxygens (including phenoxy) is 1. The maximum Gasteiger partial charge on any atom is 0.230 e. The summed E-state index contributed by atoms with van der Waals surface area (Å²) in [4.78, 5) is 12.3. The minimum Gasteiger partial charge on any atom is -0.483 e. The van der Waals surface area contributed by atoms with Crippen LogP contribution < -0.4 is 10.1 Å². The second-order valence-electron chi connectivity index (χ2n) is 6.96. The summed E-state index contributed by atoms with van der Waals surface area (Å²) in [6, 6.07) is 17.8. The van der Waals surface area contributed by atoms with E-state index in [1.165, 1.54) is 17.3 Å². The van der Waals surface area contributed by atoms with E-state index < -0.39 is 0 Å². The molecule has 2 aromatic carbocycles. The Morgan fingerprint density at radius 1 is 1.10 bits per heavy atom. The van der Waals surface area contributed by atoms with Gasteiger partial charge in [0, 0.05) is 7.05 Å². The second-order valence-corrected chi connectivity index (χ2v) is 7.90. The fourth-order valence-electron chi connectivity index (χ4n) is 2.92. The van der Waals surface area contributed by atoms with Crippen LogP contribution in [0.3, 0.4) is 0 Å². The van der Waals surface area contributed by atoms with Crippen LogP contribution in [0.5, 0.6) is 5.75 Å². The number of hydrogen-bond donors (Lipinski definition) is 1. The minimum absolute atomic E-state index is 0.0395. The highest BCUT2D eigenvalue weighted by Gasteiger charge is 2.18. The van der Waals surface area contributed by atoms with Crippen LogP contribution in [0.4, 0.5) is 0 Å². The highest BCUT2D eigenvalue weighted by atomic mass is 32.2. The largest absolute Gasteiger partial charge is 0.483 e. The van der Waals surface area contributed by atoms with E-state index in [4.69, 9.17) is 4.74 Å². The normalized spacial score (nSPS) is 13.0. The molecule has 1 aromatic heterocycles. The number of amides is 1. The van der Waals surface area contributed by atoms with Gasteiger partial charge in [0.1, 0.15) is 5.75 Å². The maximum absolute atomic E-state index is 12.3. The zero-order valence-electron chi connectivity index (χ0n) is 17.1. The van der Waals surface area contributed by atoms with Crippen LogP contribution in [0.15, 0.2) is 59.8 Å². The molecule has 3 aromatic rings. The van der Waals surface area contributed by atoms with Gasteiger partial charge < -0.3 is 14.6 Å². The van der Waals surface area contributed by atoms with Crippen LogP contribution in [0.2, 0.25) is 0 Å². The van der Waals surface area contributed by atoms with Gasteiger partial charge in [0.25, 0.3) is 0 Å². The molecule has 0 aliphatic rings. The van der Waals surface area contributed by atoms with Gasteiger partial charge in [-0.25, -0.2) is 0 Å². The Kier molecular flexibility index (Phi) is 6.93. The van der Waals surface area contributed by atoms with E-state index >= 15 is 0 Å². The molecule has 0 bridgehead atoms. The summed E-state index contributed by atoms with van der Waals surface area (Å²) in [6.45, 7) is 5.95. The molecule has 0 saturated heterocycles. The molecule has 6 nitrogen and oxygen atoms in total. The van der Waals surface area contributed by atoms with Crippen molar-refractivity contribution in [1.82, 2.24) is 20.1 Å². The lowest BCUT2D eigenvalue weighted by Crippen LogP contribution is -2.28. The summed E-state index contributed by atoms with van der Waals surface area (Å²) in [5.74, 6) is 1.73. The Morgan fingerprint density at radius 2 is 1.79 bits per heavy atom. The molecule has 0 saturated carbocycles. The molecular formula is C22H26N4O2S. The van der Waals surface area contributed by atoms with Crippen molar-refractivity contribution >= 4 is 17.7 Å². The molecule has 0 fully saturated rings. The van der Waals surface area contributed by atoms with Crippen molar-refractivity contribution in [2.75, 3.05) is 5.75 Å². The van der Waals surface area contributed by atoms with Gasteiger partial charge in [-0.15, -0.1) is 10.2 Å². The number of aryl methyl sites for hydroxylation is 1. The van der Waals surface area contributed by atoms with E-state index in [-0.39, 0.29) is 23.8 Å². The van der Waals surface area contributed by atoms with Gasteiger partial charge in [-0.3, -0.25) is 4.79 Å². The fourth-order valence-corrected chi connectivity index (χ4v) is 3.65. The van der Waals surface area contributed by atoms with Gasteiger partial charge in [0.05, 0.1) is 11.8 Å². The summed E-state index contributed by atoms with van der Waals surface area (Å²) >= 11 is 1.36. The molecule has 1 amide bonds. The summed E-state index contributed by atoms with van der Waals surface area (Å²) < 4.78 is 7.84. The smallest absolute Gasteiger partial charge is 0.230 e. The number of carbonyl (C=O) groups is 1. The van der Waals surface area contributed by atoms with Gasteiger partial charge in [-0.2, -0.15) is 0 Å². The first-order valence-corrected chi connectivity index (χ1v) is 10.5. The van der Waals surface area contributed by atoms with E-state index in [2.05, 4.69) is 15.5 Å². The Morgan fingerprint density at radius 3 is 2.48 bits per heavy atom. The monoisotopic (exact) mass is 410 g/mol. The molecule has 1 N–H and O–H groups in total. The molecule has 0 aliphatic carbocycles. The molecule has 29 heavy (non-hydrogen) atoms. The predicted octanol–water partition coefficient (Wildman–Crippen LogP) is 4.23. The minimum atomic E-state index is -0.253. The number of carbonyl (C=O) groups excluding carboxylic acids is 1. The lowest BCUT2D eigenvalue weighted by Gasteiger charge is -2.15. The summed E-state index contributed by atoms with van der Waals surface area (Å²) in [5.41, 5.74) is 2.26. The first-order chi connectivity index (χ1) is 13.9. The molecule has 152 valence electrons. The van der Waals surface area contributed by atoms with E-state index in [9.17, 15) is 4.79 Å². The van der Waals surface area contributed by atoms with Gasteiger partial charge in [0.15, 0.2) is 17.1 Å². The Balaban J connectivity index is 1.55. The fraction of sp³-hybridized carbons (Fsp3) is 0.318. The molecule has 7 heteroatoms. The average molecular weight is 411 g/mol. The third kappa shape index (κ3) is 5.60. The molecule has 0 spiro atoms. The topological polar surface area (TPSA) is 69.0 Å². The van der Waals surface area contributed by atoms with Gasteiger partial charge >= 0.3 is 0 Å². The van der Waals surface area contributed by atoms with Crippen LogP contribution in [0.1, 0.15) is 42.9 Å². The first kappa shape index (κ1) is 20.9. The number of hydrogen-bond acceptors (Lipinski definition) is 5. The van der Waals surface area contributed by atoms with Crippen molar-refractivity contribution in [2.45, 2.75) is 38.1 Å². The van der Waals surface area contributed by atoms with Crippen molar-refractivity contribution in [2.24, 2.45) is 7.05 Å². The van der Waals surface area contributed by atoms with Crippen LogP contribution in [0, 0.1) is 6.92 Å². The van der Waals surface area contributed by atoms with Crippen LogP contribution >= 0.6 is 11.8 Å². The molecular weight excluding hydrogens is 384 g/mol. The first-order valence-electron chi connectivity index (χ1n) is 9.53. The number of aromatic nitrogens is 3. The summed E-state index contributed by atoms with van der Waals surface area (Å²) in [5, 5.41) is 12.2. The highest BCUT2D eigenvalue weighted by molar-refractivity contribution is 7.99. The molecule has 3 rings (SSSR count). The maximum atomic E-state index is 12.3. The quantitative estimate of drug-likeness (QED) is 0.563. The SMILES string of the molecule is Cc1ccc(OC(C)c2nnc(SCC(=O)NC(C)c3ccccc3)n2C)cc1. The second kappa shape index (κ2) is 9.60. The molecule has 2 unspecified atom stereocenters. The lowest BCUT2D eigenvalue weighted by atomic mass is 10.1. The highest BCUT2D eigenvalue weighted by Crippen LogP contribution is 2.24. The van der Waals surface area contributed by atoms with Crippen LogP contribution in [0.25, 0.3) is 0 Å². The zero-order chi connectivity index (χ0) is 20.8. The Hall–Kier alpha value is -2.80. The van der Waals surface area contributed by atoms with Crippen molar-refractivity contribution in [3.63, 3.8) is 0 Å². The molecule has 0 radical (unpaired) electrons. The van der Waals surface area contributed by atoms with E-state index in [1.807, 2.05) is 87.0 Å². The average Bonchev–Trinajstić information content (AvgIpc) is 3.09. The third-order valence-electron chi connectivity index (χ3n) is 4.58. The number of nitrogens with one attached hydrogen (secondary N) is 1. The van der Waals surface area contributed by atoms with Gasteiger partial charge in [0.2, 0.25) is 5.91 Å². The van der Waals surface area contributed by atoms with E-state index in [0.29, 0.717) is 11.0 Å². The van der Waals surface area contributed by atoms with Crippen molar-refractivity contribution in [3.05, 3.63) is 71.5 Å². The number of thioether (sulfide) groups is 1. The van der Waals surface area contributed by atoms with Gasteiger partial charge in [-0.1, -0.05) is 59.8 Å². The van der Waals surface area contributed by atoms with Crippen molar-refractivity contribution in [3.8, 4) is 5.75 Å². The number of rotatable bonds is 8. The van der Waals surface area contributed by atoms with Crippen LogP contribution in [-0.2, 0) is 11.8 Å². The Bertz CT molecular complexity index is 941. The van der Waals surface area contributed by atoms with Gasteiger partial charge in [-0.05, 0) is 38.5 Å². The zero-order valence-corrected chi connectivity index (χ0v) is 17.9. The van der Waals surface area contributed by atoms with E-state index in [1.54, 1.807) is 0 Å². The molecule has 2 atom stereocenters. The molecule has 1 heterocycles. The third-order valence-corrected chi connectivity index (χ3v) is 5.60. The van der Waals surface area contributed by atoms with Crippen LogP contribution in [-0.4, -0.2) is 26.4 Å². The van der Waals surface area contributed by atoms with Crippen molar-refractivity contribution < 1.29 is 9.53 Å². The predicted molar refractivity (Wildman–Crippen MR) is 115 cm³/mol.